The number of rotatable bonds is 1. The molecule has 0 atom stereocenters. The van der Waals surface area contributed by atoms with E-state index >= 15 is 0 Å². The molecule has 0 heterocycles. The Balaban J connectivity index is 3.39. The van der Waals surface area contributed by atoms with E-state index in [4.69, 9.17) is 44.9 Å². The van der Waals surface area contributed by atoms with Gasteiger partial charge in [-0.25, -0.2) is 0 Å². The Morgan fingerprint density at radius 1 is 1.25 bits per heavy atom. The molecule has 0 aromatic rings. The van der Waals surface area contributed by atoms with Crippen LogP contribution >= 0.6 is 34.8 Å². The van der Waals surface area contributed by atoms with Gasteiger partial charge in [0.1, 0.15) is 0 Å². The van der Waals surface area contributed by atoms with Gasteiger partial charge in [0.15, 0.2) is 0 Å². The maximum atomic E-state index is 7.97. The van der Waals surface area contributed by atoms with Gasteiger partial charge < -0.3 is 14.7 Å². The van der Waals surface area contributed by atoms with E-state index < -0.39 is 11.3 Å². The lowest BCUT2D eigenvalue weighted by Gasteiger charge is -2.09. The Morgan fingerprint density at radius 3 is 1.62 bits per heavy atom. The fourth-order valence-electron chi connectivity index (χ4n) is 0.120. The summed E-state index contributed by atoms with van der Waals surface area (Å²) in [4.78, 5) is 0. The maximum Gasteiger partial charge on any atom is 0.636 e. The summed E-state index contributed by atoms with van der Waals surface area (Å²) in [6.07, 6.45) is 0. The number of hydrogen-bond acceptors (Lipinski definition) is 3. The molecule has 0 aliphatic carbocycles. The molecule has 7 heteroatoms. The van der Waals surface area contributed by atoms with Crippen molar-refractivity contribution in [3.8, 4) is 0 Å². The highest BCUT2D eigenvalue weighted by Gasteiger charge is 2.27. The van der Waals surface area contributed by atoms with E-state index in [1.165, 1.54) is 0 Å². The molecule has 0 spiro atoms. The van der Waals surface area contributed by atoms with E-state index in [2.05, 4.69) is 4.65 Å². The Morgan fingerprint density at radius 2 is 1.62 bits per heavy atom. The lowest BCUT2D eigenvalue weighted by Crippen LogP contribution is -2.24. The van der Waals surface area contributed by atoms with Gasteiger partial charge in [0.2, 0.25) is 0 Å². The van der Waals surface area contributed by atoms with Crippen molar-refractivity contribution in [3.63, 3.8) is 0 Å². The van der Waals surface area contributed by atoms with E-state index in [-0.39, 0.29) is 0 Å². The molecule has 0 saturated carbocycles. The highest BCUT2D eigenvalue weighted by Crippen LogP contribution is 2.26. The van der Waals surface area contributed by atoms with Crippen LogP contribution in [0.4, 0.5) is 0 Å². The van der Waals surface area contributed by atoms with Gasteiger partial charge in [0, 0.05) is 0 Å². The molecule has 0 unspecified atom stereocenters. The van der Waals surface area contributed by atoms with Crippen LogP contribution in [0, 0.1) is 0 Å². The van der Waals surface area contributed by atoms with Crippen molar-refractivity contribution in [1.82, 2.24) is 0 Å². The van der Waals surface area contributed by atoms with Crippen molar-refractivity contribution >= 4 is 42.1 Å². The summed E-state index contributed by atoms with van der Waals surface area (Å²) in [5, 5.41) is 15.9. The van der Waals surface area contributed by atoms with Gasteiger partial charge in [-0.15, -0.1) is 0 Å². The Hall–Kier alpha value is 0.815. The summed E-state index contributed by atoms with van der Waals surface area (Å²) < 4.78 is 1.78. The van der Waals surface area contributed by atoms with Gasteiger partial charge in [0.05, 0.1) is 0 Å². The lowest BCUT2D eigenvalue weighted by molar-refractivity contribution is 0.184. The molecule has 0 aliphatic rings. The molecule has 3 nitrogen and oxygen atoms in total. The highest BCUT2D eigenvalue weighted by atomic mass is 35.6. The Labute approximate surface area is 61.3 Å². The Bertz CT molecular complexity index is 69.4. The predicted octanol–water partition coefficient (Wildman–Crippen LogP) is 0.300. The van der Waals surface area contributed by atoms with E-state index in [9.17, 15) is 0 Å². The molecular weight excluding hydrogens is 177 g/mol. The van der Waals surface area contributed by atoms with Crippen LogP contribution in [0.15, 0.2) is 0 Å². The molecule has 0 rings (SSSR count). The average molecular weight is 179 g/mol. The summed E-state index contributed by atoms with van der Waals surface area (Å²) in [5.41, 5.74) is 0. The fraction of sp³-hybridized carbons (Fsp3) is 1.00. The molecule has 0 aliphatic heterocycles. The van der Waals surface area contributed by atoms with Gasteiger partial charge in [-0.3, -0.25) is 0 Å². The van der Waals surface area contributed by atoms with Crippen LogP contribution in [-0.4, -0.2) is 21.3 Å². The first-order chi connectivity index (χ1) is 3.42. The zero-order valence-corrected chi connectivity index (χ0v) is 5.78. The van der Waals surface area contributed by atoms with Gasteiger partial charge in [-0.1, -0.05) is 34.8 Å². The standard InChI is InChI=1S/CH2BCl3O3/c3-1(4,5)8-2(6)7/h6-7H. The smallest absolute Gasteiger partial charge is 0.402 e. The van der Waals surface area contributed by atoms with Crippen molar-refractivity contribution < 1.29 is 14.7 Å². The fourth-order valence-corrected chi connectivity index (χ4v) is 0.359. The van der Waals surface area contributed by atoms with Crippen LogP contribution in [0.2, 0.25) is 0 Å². The molecule has 2 N–H and O–H groups in total. The monoisotopic (exact) mass is 178 g/mol. The molecule has 48 valence electrons. The average Bonchev–Trinajstić information content (AvgIpc) is 1.21. The SMILES string of the molecule is OB(O)OC(Cl)(Cl)Cl. The maximum absolute atomic E-state index is 7.97. The first kappa shape index (κ1) is 8.81. The first-order valence-electron chi connectivity index (χ1n) is 1.52. The summed E-state index contributed by atoms with van der Waals surface area (Å²) in [7, 11) is -2.05. The van der Waals surface area contributed by atoms with Crippen LogP contribution in [0.3, 0.4) is 0 Å². The Kier molecular flexibility index (Phi) is 3.42. The highest BCUT2D eigenvalue weighted by molar-refractivity contribution is 6.67. The minimum Gasteiger partial charge on any atom is -0.402 e. The van der Waals surface area contributed by atoms with Crippen molar-refractivity contribution in [2.45, 2.75) is 3.98 Å². The first-order valence-corrected chi connectivity index (χ1v) is 2.66. The summed E-state index contributed by atoms with van der Waals surface area (Å²) >= 11 is 14.8. The van der Waals surface area contributed by atoms with Crippen LogP contribution in [0.1, 0.15) is 0 Å². The third kappa shape index (κ3) is 6.81. The van der Waals surface area contributed by atoms with Gasteiger partial charge in [-0.05, 0) is 0 Å². The molecule has 8 heavy (non-hydrogen) atoms. The summed E-state index contributed by atoms with van der Waals surface area (Å²) in [5.74, 6) is 0. The van der Waals surface area contributed by atoms with E-state index in [1.807, 2.05) is 0 Å². The topological polar surface area (TPSA) is 49.7 Å². The third-order valence-corrected chi connectivity index (χ3v) is 0.506. The molecule has 0 aromatic heterocycles. The van der Waals surface area contributed by atoms with Crippen LogP contribution < -0.4 is 0 Å². The second-order valence-corrected chi connectivity index (χ2v) is 3.07. The minimum atomic E-state index is -2.06. The van der Waals surface area contributed by atoms with Crippen LogP contribution in [-0.2, 0) is 4.65 Å². The molecule has 0 amide bonds. The van der Waals surface area contributed by atoms with Crippen molar-refractivity contribution in [2.75, 3.05) is 0 Å². The quantitative estimate of drug-likeness (QED) is 0.449. The zero-order valence-electron chi connectivity index (χ0n) is 3.51. The van der Waals surface area contributed by atoms with Crippen LogP contribution in [0.25, 0.3) is 0 Å². The van der Waals surface area contributed by atoms with Gasteiger partial charge in [0.25, 0.3) is 3.98 Å². The number of hydrogen-bond donors (Lipinski definition) is 2. The summed E-state index contributed by atoms with van der Waals surface area (Å²) in [6.45, 7) is 0. The molecule has 0 saturated heterocycles. The second kappa shape index (κ2) is 3.10. The molecule has 0 fully saturated rings. The van der Waals surface area contributed by atoms with E-state index in [0.717, 1.165) is 0 Å². The molecule has 0 bridgehead atoms. The zero-order chi connectivity index (χ0) is 6.78. The van der Waals surface area contributed by atoms with Crippen molar-refractivity contribution in [3.05, 3.63) is 0 Å². The lowest BCUT2D eigenvalue weighted by atomic mass is 10.3. The van der Waals surface area contributed by atoms with E-state index in [0.29, 0.717) is 0 Å². The molecular formula is CH2BCl3O3. The van der Waals surface area contributed by atoms with Gasteiger partial charge >= 0.3 is 7.32 Å². The predicted molar refractivity (Wildman–Crippen MR) is 31.6 cm³/mol. The normalized spacial score (nSPS) is 11.6. The molecule has 0 radical (unpaired) electrons. The molecule has 0 aromatic carbocycles. The minimum absolute atomic E-state index is 2.05. The summed E-state index contributed by atoms with van der Waals surface area (Å²) in [6, 6.07) is 0. The van der Waals surface area contributed by atoms with Crippen molar-refractivity contribution in [2.24, 2.45) is 0 Å². The van der Waals surface area contributed by atoms with E-state index in [1.54, 1.807) is 0 Å². The van der Waals surface area contributed by atoms with Gasteiger partial charge in [-0.2, -0.15) is 0 Å². The number of halogens is 3. The van der Waals surface area contributed by atoms with Crippen LogP contribution in [0.5, 0.6) is 0 Å². The van der Waals surface area contributed by atoms with Crippen molar-refractivity contribution in [1.29, 1.82) is 0 Å². The third-order valence-electron chi connectivity index (χ3n) is 0.239. The largest absolute Gasteiger partial charge is 0.636 e. The number of alkyl halides is 3. The second-order valence-electron chi connectivity index (χ2n) is 0.890.